The van der Waals surface area contributed by atoms with Crippen molar-refractivity contribution in [2.24, 2.45) is 0 Å². The van der Waals surface area contributed by atoms with E-state index >= 15 is 0 Å². The molecule has 10 rings (SSSR count). The molecule has 1 atom stereocenters. The highest BCUT2D eigenvalue weighted by Crippen LogP contribution is 2.52. The molecule has 232 valence electrons. The lowest BCUT2D eigenvalue weighted by atomic mass is 9.98. The third kappa shape index (κ3) is 4.71. The average molecular weight is 663 g/mol. The Morgan fingerprint density at radius 1 is 0.531 bits per heavy atom. The van der Waals surface area contributed by atoms with Crippen molar-refractivity contribution in [3.05, 3.63) is 175 Å². The summed E-state index contributed by atoms with van der Waals surface area (Å²) < 4.78 is 2.66. The molecule has 2 nitrogen and oxygen atoms in total. The SMILES string of the molecule is c1ccc(C2Nc3ccc4ccc5c(N(c6ccccc6)c6cccc(-c7cccc8c7sc7ccccc78)c6)cccc5c4c3S2)cc1. The van der Waals surface area contributed by atoms with Gasteiger partial charge in [0, 0.05) is 52.9 Å². The van der Waals surface area contributed by atoms with Crippen LogP contribution in [0.1, 0.15) is 10.9 Å². The highest BCUT2D eigenvalue weighted by Gasteiger charge is 2.26. The largest absolute Gasteiger partial charge is 0.368 e. The summed E-state index contributed by atoms with van der Waals surface area (Å²) in [6.07, 6.45) is 0. The number of hydrogen-bond donors (Lipinski definition) is 1. The van der Waals surface area contributed by atoms with Crippen LogP contribution in [0.4, 0.5) is 22.7 Å². The van der Waals surface area contributed by atoms with Crippen molar-refractivity contribution in [3.8, 4) is 11.1 Å². The summed E-state index contributed by atoms with van der Waals surface area (Å²) in [5, 5.41) is 11.7. The summed E-state index contributed by atoms with van der Waals surface area (Å²) in [5.74, 6) is 0. The van der Waals surface area contributed by atoms with Gasteiger partial charge in [0.25, 0.3) is 0 Å². The van der Waals surface area contributed by atoms with Gasteiger partial charge in [-0.3, -0.25) is 0 Å². The Morgan fingerprint density at radius 3 is 2.14 bits per heavy atom. The van der Waals surface area contributed by atoms with E-state index in [0.717, 1.165) is 17.1 Å². The topological polar surface area (TPSA) is 15.3 Å². The second-order valence-corrected chi connectivity index (χ2v) is 14.7. The van der Waals surface area contributed by atoms with Gasteiger partial charge in [-0.15, -0.1) is 11.3 Å². The zero-order chi connectivity index (χ0) is 32.3. The molecule has 1 unspecified atom stereocenters. The van der Waals surface area contributed by atoms with E-state index in [9.17, 15) is 0 Å². The number of nitrogens with zero attached hydrogens (tertiary/aromatic N) is 1. The lowest BCUT2D eigenvalue weighted by Gasteiger charge is -2.27. The molecule has 8 aromatic carbocycles. The molecule has 9 aromatic rings. The van der Waals surface area contributed by atoms with E-state index in [1.165, 1.54) is 69.0 Å². The van der Waals surface area contributed by atoms with Crippen molar-refractivity contribution in [2.45, 2.75) is 10.3 Å². The second-order valence-electron chi connectivity index (χ2n) is 12.5. The van der Waals surface area contributed by atoms with Crippen molar-refractivity contribution in [1.82, 2.24) is 0 Å². The van der Waals surface area contributed by atoms with Crippen molar-refractivity contribution < 1.29 is 0 Å². The smallest absolute Gasteiger partial charge is 0.103 e. The average Bonchev–Trinajstić information content (AvgIpc) is 3.78. The predicted molar refractivity (Wildman–Crippen MR) is 213 cm³/mol. The standard InChI is InChI=1S/C45H30N2S2/c1-3-12-30(13-4-1)45-46-39-27-25-29-24-26-35-37(42(29)44(39)49-45)20-11-22-40(35)47(32-15-5-2-6-16-32)33-17-9-14-31(28-33)34-19-10-21-38-36-18-7-8-23-41(36)48-43(34)38/h1-28,45-46H. The Bertz CT molecular complexity index is 2680. The van der Waals surface area contributed by atoms with E-state index in [0.29, 0.717) is 0 Å². The molecule has 49 heavy (non-hydrogen) atoms. The predicted octanol–water partition coefficient (Wildman–Crippen LogP) is 13.7. The molecule has 0 radical (unpaired) electrons. The number of anilines is 4. The summed E-state index contributed by atoms with van der Waals surface area (Å²) in [4.78, 5) is 3.74. The summed E-state index contributed by atoms with van der Waals surface area (Å²) in [6.45, 7) is 0. The van der Waals surface area contributed by atoms with Gasteiger partial charge in [0.15, 0.2) is 0 Å². The molecule has 1 N–H and O–H groups in total. The number of thiophene rings is 1. The first kappa shape index (κ1) is 28.5. The number of fused-ring (bicyclic) bond motifs is 8. The van der Waals surface area contributed by atoms with Crippen LogP contribution >= 0.6 is 23.1 Å². The zero-order valence-corrected chi connectivity index (χ0v) is 28.1. The molecule has 1 aromatic heterocycles. The first-order valence-corrected chi connectivity index (χ1v) is 18.3. The summed E-state index contributed by atoms with van der Waals surface area (Å²) >= 11 is 3.80. The highest BCUT2D eigenvalue weighted by molar-refractivity contribution is 8.00. The maximum absolute atomic E-state index is 3.79. The molecule has 0 saturated heterocycles. The molecule has 1 aliphatic heterocycles. The van der Waals surface area contributed by atoms with Crippen LogP contribution in [0.15, 0.2) is 175 Å². The van der Waals surface area contributed by atoms with Gasteiger partial charge in [-0.25, -0.2) is 0 Å². The summed E-state index contributed by atoms with van der Waals surface area (Å²) in [7, 11) is 0. The van der Waals surface area contributed by atoms with Crippen LogP contribution in [0.5, 0.6) is 0 Å². The van der Waals surface area contributed by atoms with E-state index in [1.807, 2.05) is 23.1 Å². The van der Waals surface area contributed by atoms with Gasteiger partial charge in [0.05, 0.1) is 5.69 Å². The number of rotatable bonds is 5. The van der Waals surface area contributed by atoms with Gasteiger partial charge >= 0.3 is 0 Å². The van der Waals surface area contributed by atoms with Crippen LogP contribution in [0.3, 0.4) is 0 Å². The third-order valence-corrected chi connectivity index (χ3v) is 12.2. The number of nitrogens with one attached hydrogen (secondary N) is 1. The fourth-order valence-electron chi connectivity index (χ4n) is 7.42. The Labute approximate surface area is 293 Å². The molecule has 0 amide bonds. The summed E-state index contributed by atoms with van der Waals surface area (Å²) in [6, 6.07) is 61.9. The maximum Gasteiger partial charge on any atom is 0.103 e. The van der Waals surface area contributed by atoms with Gasteiger partial charge in [-0.2, -0.15) is 0 Å². The minimum atomic E-state index is 0.189. The van der Waals surface area contributed by atoms with E-state index < -0.39 is 0 Å². The van der Waals surface area contributed by atoms with Gasteiger partial charge < -0.3 is 10.2 Å². The quantitative estimate of drug-likeness (QED) is 0.185. The van der Waals surface area contributed by atoms with Gasteiger partial charge in [-0.05, 0) is 69.9 Å². The molecular weight excluding hydrogens is 633 g/mol. The lowest BCUT2D eigenvalue weighted by molar-refractivity contribution is 1.14. The van der Waals surface area contributed by atoms with Crippen molar-refractivity contribution in [1.29, 1.82) is 0 Å². The van der Waals surface area contributed by atoms with Crippen LogP contribution in [0, 0.1) is 0 Å². The monoisotopic (exact) mass is 662 g/mol. The molecule has 1 aliphatic rings. The van der Waals surface area contributed by atoms with Crippen LogP contribution in [-0.4, -0.2) is 0 Å². The van der Waals surface area contributed by atoms with Crippen LogP contribution in [0.25, 0.3) is 52.8 Å². The van der Waals surface area contributed by atoms with E-state index in [1.54, 1.807) is 0 Å². The molecular formula is C45H30N2S2. The summed E-state index contributed by atoms with van der Waals surface area (Å²) in [5.41, 5.74) is 8.40. The second kappa shape index (κ2) is 11.6. The van der Waals surface area contributed by atoms with Crippen LogP contribution in [-0.2, 0) is 0 Å². The number of benzene rings is 8. The van der Waals surface area contributed by atoms with Crippen molar-refractivity contribution >= 4 is 87.6 Å². The molecule has 4 heteroatoms. The van der Waals surface area contributed by atoms with Crippen LogP contribution in [0.2, 0.25) is 0 Å². The normalized spacial score (nSPS) is 14.0. The van der Waals surface area contributed by atoms with Crippen LogP contribution < -0.4 is 10.2 Å². The van der Waals surface area contributed by atoms with E-state index in [-0.39, 0.29) is 5.37 Å². The Balaban J connectivity index is 1.15. The number of thioether (sulfide) groups is 1. The third-order valence-electron chi connectivity index (χ3n) is 9.67. The minimum absolute atomic E-state index is 0.189. The number of hydrogen-bond acceptors (Lipinski definition) is 4. The first-order valence-electron chi connectivity index (χ1n) is 16.6. The Kier molecular flexibility index (Phi) is 6.71. The lowest BCUT2D eigenvalue weighted by Crippen LogP contribution is -2.10. The van der Waals surface area contributed by atoms with Crippen molar-refractivity contribution in [2.75, 3.05) is 10.2 Å². The minimum Gasteiger partial charge on any atom is -0.368 e. The maximum atomic E-state index is 3.79. The molecule has 0 aliphatic carbocycles. The van der Waals surface area contributed by atoms with Gasteiger partial charge in [0.1, 0.15) is 5.37 Å². The fraction of sp³-hybridized carbons (Fsp3) is 0.0222. The zero-order valence-electron chi connectivity index (χ0n) is 26.5. The van der Waals surface area contributed by atoms with Gasteiger partial charge in [-0.1, -0.05) is 139 Å². The molecule has 0 saturated carbocycles. The van der Waals surface area contributed by atoms with Crippen molar-refractivity contribution in [3.63, 3.8) is 0 Å². The highest BCUT2D eigenvalue weighted by atomic mass is 32.2. The van der Waals surface area contributed by atoms with E-state index in [4.69, 9.17) is 0 Å². The molecule has 0 spiro atoms. The fourth-order valence-corrected chi connectivity index (χ4v) is 9.98. The van der Waals surface area contributed by atoms with Gasteiger partial charge in [0.2, 0.25) is 0 Å². The number of para-hydroxylation sites is 1. The molecule has 2 heterocycles. The molecule has 0 fully saturated rings. The first-order chi connectivity index (χ1) is 24.3. The van der Waals surface area contributed by atoms with E-state index in [2.05, 4.69) is 180 Å². The Morgan fingerprint density at radius 2 is 1.24 bits per heavy atom. The molecule has 0 bridgehead atoms. The Hall–Kier alpha value is -5.55.